The summed E-state index contributed by atoms with van der Waals surface area (Å²) in [7, 11) is 0. The van der Waals surface area contributed by atoms with Crippen molar-refractivity contribution in [2.75, 3.05) is 0 Å². The first-order valence-corrected chi connectivity index (χ1v) is 6.75. The van der Waals surface area contributed by atoms with E-state index >= 15 is 0 Å². The number of fused-ring (bicyclic) bond motifs is 3. The van der Waals surface area contributed by atoms with E-state index in [0.29, 0.717) is 0 Å². The molecule has 0 N–H and O–H groups in total. The summed E-state index contributed by atoms with van der Waals surface area (Å²) in [5, 5.41) is 0. The molecule has 3 rings (SSSR count). The zero-order valence-electron chi connectivity index (χ0n) is 11.9. The number of aliphatic imine (C=N–C) groups is 1. The van der Waals surface area contributed by atoms with Gasteiger partial charge in [0.1, 0.15) is 11.5 Å². The van der Waals surface area contributed by atoms with Gasteiger partial charge in [0, 0.05) is 11.1 Å². The monoisotopic (exact) mass is 267 g/mol. The van der Waals surface area contributed by atoms with Crippen molar-refractivity contribution in [3.8, 4) is 0 Å². The van der Waals surface area contributed by atoms with Gasteiger partial charge in [0.25, 0.3) is 0 Å². The van der Waals surface area contributed by atoms with E-state index in [1.165, 1.54) is 0 Å². The van der Waals surface area contributed by atoms with Gasteiger partial charge in [0.15, 0.2) is 0 Å². The number of esters is 1. The van der Waals surface area contributed by atoms with Crippen molar-refractivity contribution < 1.29 is 9.53 Å². The average Bonchev–Trinajstić information content (AvgIpc) is 2.75. The number of carbonyl (C=O) groups is 1. The molecular formula is C17H17NO2. The van der Waals surface area contributed by atoms with E-state index in [2.05, 4.69) is 4.99 Å². The van der Waals surface area contributed by atoms with Crippen LogP contribution in [0.1, 0.15) is 26.3 Å². The van der Waals surface area contributed by atoms with Crippen molar-refractivity contribution in [2.45, 2.75) is 26.4 Å². The third kappa shape index (κ3) is 2.20. The molecular weight excluding hydrogens is 250 g/mol. The highest BCUT2D eigenvalue weighted by Gasteiger charge is 2.34. The Labute approximate surface area is 118 Å². The van der Waals surface area contributed by atoms with Crippen LogP contribution in [0.3, 0.4) is 0 Å². The first kappa shape index (κ1) is 12.9. The Morgan fingerprint density at radius 3 is 2.75 bits per heavy atom. The molecule has 0 saturated carbocycles. The standard InChI is InChI=1S/C17H17NO2/c1-17(2,3)20-16(19)13-9-6-8-12-11-7-4-5-10-14(11)18-15(12)13/h4-10,13H,1-3H3. The highest BCUT2D eigenvalue weighted by Crippen LogP contribution is 2.39. The van der Waals surface area contributed by atoms with E-state index in [4.69, 9.17) is 4.74 Å². The van der Waals surface area contributed by atoms with E-state index in [1.807, 2.05) is 63.3 Å². The van der Waals surface area contributed by atoms with Crippen LogP contribution in [0.15, 0.2) is 47.5 Å². The molecule has 0 fully saturated rings. The van der Waals surface area contributed by atoms with Gasteiger partial charge in [0.2, 0.25) is 0 Å². The summed E-state index contributed by atoms with van der Waals surface area (Å²) in [5.74, 6) is -0.660. The fourth-order valence-electron chi connectivity index (χ4n) is 2.45. The van der Waals surface area contributed by atoms with Crippen LogP contribution in [-0.4, -0.2) is 17.3 Å². The normalized spacial score (nSPS) is 19.9. The maximum Gasteiger partial charge on any atom is 0.319 e. The van der Waals surface area contributed by atoms with Gasteiger partial charge in [-0.2, -0.15) is 0 Å². The van der Waals surface area contributed by atoms with Gasteiger partial charge in [0.05, 0.1) is 11.4 Å². The number of hydrogen-bond donors (Lipinski definition) is 0. The molecule has 1 atom stereocenters. The molecule has 0 radical (unpaired) electrons. The predicted octanol–water partition coefficient (Wildman–Crippen LogP) is 3.68. The highest BCUT2D eigenvalue weighted by molar-refractivity contribution is 6.35. The SMILES string of the molecule is CC(C)(C)OC(=O)C1C=CC=C2C1=Nc1ccccc12. The Hall–Kier alpha value is -2.16. The molecule has 0 aromatic heterocycles. The molecule has 0 saturated heterocycles. The number of ether oxygens (including phenoxy) is 1. The second-order valence-electron chi connectivity index (χ2n) is 5.99. The Kier molecular flexibility index (Phi) is 2.85. The second kappa shape index (κ2) is 4.44. The molecule has 1 aromatic rings. The van der Waals surface area contributed by atoms with E-state index in [9.17, 15) is 4.79 Å². The topological polar surface area (TPSA) is 38.7 Å². The Bertz CT molecular complexity index is 660. The van der Waals surface area contributed by atoms with Crippen molar-refractivity contribution in [2.24, 2.45) is 10.9 Å². The average molecular weight is 267 g/mol. The van der Waals surface area contributed by atoms with E-state index < -0.39 is 11.5 Å². The summed E-state index contributed by atoms with van der Waals surface area (Å²) >= 11 is 0. The number of nitrogens with zero attached hydrogens (tertiary/aromatic N) is 1. The largest absolute Gasteiger partial charge is 0.459 e. The molecule has 1 heterocycles. The quantitative estimate of drug-likeness (QED) is 0.728. The summed E-state index contributed by atoms with van der Waals surface area (Å²) in [4.78, 5) is 16.9. The molecule has 3 heteroatoms. The number of carbonyl (C=O) groups excluding carboxylic acids is 1. The molecule has 1 aliphatic heterocycles. The lowest BCUT2D eigenvalue weighted by molar-refractivity contribution is -0.155. The summed E-state index contributed by atoms with van der Waals surface area (Å²) in [6.07, 6.45) is 5.76. The van der Waals surface area contributed by atoms with Crippen molar-refractivity contribution in [3.05, 3.63) is 48.1 Å². The molecule has 102 valence electrons. The maximum atomic E-state index is 12.3. The Morgan fingerprint density at radius 1 is 1.25 bits per heavy atom. The molecule has 20 heavy (non-hydrogen) atoms. The Morgan fingerprint density at radius 2 is 2.00 bits per heavy atom. The number of benzene rings is 1. The van der Waals surface area contributed by atoms with Crippen LogP contribution in [0.5, 0.6) is 0 Å². The molecule has 1 aliphatic carbocycles. The van der Waals surface area contributed by atoms with Crippen LogP contribution < -0.4 is 0 Å². The fraction of sp³-hybridized carbons (Fsp3) is 0.294. The van der Waals surface area contributed by atoms with Crippen LogP contribution in [0, 0.1) is 5.92 Å². The first-order valence-electron chi connectivity index (χ1n) is 6.75. The molecule has 1 unspecified atom stereocenters. The smallest absolute Gasteiger partial charge is 0.319 e. The van der Waals surface area contributed by atoms with E-state index in [-0.39, 0.29) is 5.97 Å². The highest BCUT2D eigenvalue weighted by atomic mass is 16.6. The molecule has 0 spiro atoms. The lowest BCUT2D eigenvalue weighted by Crippen LogP contribution is -2.32. The lowest BCUT2D eigenvalue weighted by Gasteiger charge is -2.24. The molecule has 0 amide bonds. The zero-order valence-corrected chi connectivity index (χ0v) is 11.9. The van der Waals surface area contributed by atoms with Crippen LogP contribution in [0.2, 0.25) is 0 Å². The van der Waals surface area contributed by atoms with Gasteiger partial charge in [-0.3, -0.25) is 9.79 Å². The molecule has 3 nitrogen and oxygen atoms in total. The number of hydrogen-bond acceptors (Lipinski definition) is 3. The van der Waals surface area contributed by atoms with Gasteiger partial charge in [-0.05, 0) is 26.8 Å². The summed E-state index contributed by atoms with van der Waals surface area (Å²) in [6, 6.07) is 7.94. The first-order chi connectivity index (χ1) is 9.46. The van der Waals surface area contributed by atoms with Crippen molar-refractivity contribution in [1.29, 1.82) is 0 Å². The van der Waals surface area contributed by atoms with Crippen molar-refractivity contribution >= 4 is 22.9 Å². The van der Waals surface area contributed by atoms with Crippen LogP contribution in [-0.2, 0) is 9.53 Å². The summed E-state index contributed by atoms with van der Waals surface area (Å²) in [6.45, 7) is 5.62. The number of allylic oxidation sites excluding steroid dienone is 3. The van der Waals surface area contributed by atoms with Crippen LogP contribution in [0.4, 0.5) is 5.69 Å². The summed E-state index contributed by atoms with van der Waals surface area (Å²) in [5.41, 5.74) is 3.34. The zero-order chi connectivity index (χ0) is 14.3. The molecule has 1 aromatic carbocycles. The van der Waals surface area contributed by atoms with Gasteiger partial charge in [-0.1, -0.05) is 36.4 Å². The minimum Gasteiger partial charge on any atom is -0.459 e. The van der Waals surface area contributed by atoms with Crippen LogP contribution in [0.25, 0.3) is 5.57 Å². The minimum absolute atomic E-state index is 0.245. The van der Waals surface area contributed by atoms with Crippen molar-refractivity contribution in [3.63, 3.8) is 0 Å². The van der Waals surface area contributed by atoms with Gasteiger partial charge < -0.3 is 4.74 Å². The summed E-state index contributed by atoms with van der Waals surface area (Å²) < 4.78 is 5.49. The van der Waals surface area contributed by atoms with Gasteiger partial charge in [-0.25, -0.2) is 0 Å². The maximum absolute atomic E-state index is 12.3. The van der Waals surface area contributed by atoms with E-state index in [0.717, 1.165) is 22.5 Å². The van der Waals surface area contributed by atoms with Gasteiger partial charge in [-0.15, -0.1) is 0 Å². The minimum atomic E-state index is -0.488. The third-order valence-corrected chi connectivity index (χ3v) is 3.23. The van der Waals surface area contributed by atoms with Crippen LogP contribution >= 0.6 is 0 Å². The van der Waals surface area contributed by atoms with Crippen molar-refractivity contribution in [1.82, 2.24) is 0 Å². The predicted molar refractivity (Wildman–Crippen MR) is 80.0 cm³/mol. The Balaban J connectivity index is 1.94. The third-order valence-electron chi connectivity index (χ3n) is 3.23. The number of rotatable bonds is 1. The lowest BCUT2D eigenvalue weighted by atomic mass is 9.89. The fourth-order valence-corrected chi connectivity index (χ4v) is 2.45. The second-order valence-corrected chi connectivity index (χ2v) is 5.99. The van der Waals surface area contributed by atoms with E-state index in [1.54, 1.807) is 0 Å². The molecule has 0 bridgehead atoms. The number of para-hydroxylation sites is 1. The van der Waals surface area contributed by atoms with Gasteiger partial charge >= 0.3 is 5.97 Å². The molecule has 2 aliphatic rings.